The molecule has 7 heteroatoms. The van der Waals surface area contributed by atoms with Crippen molar-refractivity contribution in [1.82, 2.24) is 0 Å². The molecule has 0 saturated carbocycles. The number of anilines is 1. The van der Waals surface area contributed by atoms with Crippen molar-refractivity contribution in [3.63, 3.8) is 0 Å². The third-order valence-electron chi connectivity index (χ3n) is 5.81. The van der Waals surface area contributed by atoms with Gasteiger partial charge in [-0.05, 0) is 73.7 Å². The van der Waals surface area contributed by atoms with Crippen molar-refractivity contribution in [1.29, 1.82) is 0 Å². The van der Waals surface area contributed by atoms with Crippen LogP contribution in [0.15, 0.2) is 30.3 Å². The van der Waals surface area contributed by atoms with Crippen molar-refractivity contribution in [2.45, 2.75) is 45.4 Å². The van der Waals surface area contributed by atoms with E-state index in [1.165, 1.54) is 6.07 Å². The topological polar surface area (TPSA) is 67.8 Å². The smallest absolute Gasteiger partial charge is 0.387 e. The van der Waals surface area contributed by atoms with Gasteiger partial charge in [0.25, 0.3) is 0 Å². The number of carboxylic acids is 1. The van der Waals surface area contributed by atoms with Crippen molar-refractivity contribution in [2.24, 2.45) is 5.92 Å². The van der Waals surface area contributed by atoms with E-state index in [-0.39, 0.29) is 29.4 Å². The molecular weight excluding hydrogens is 380 g/mol. The molecule has 2 aromatic carbocycles. The molecule has 1 saturated heterocycles. The van der Waals surface area contributed by atoms with Gasteiger partial charge in [0.1, 0.15) is 5.75 Å². The Hall–Kier alpha value is -2.67. The SMILES string of the molecule is Cc1cc(C(=O)O)cc(C)c1[C@H]1Nc2ccc(OC(F)F)cc2[C@@H]2OCCC[C@H]12. The molecule has 0 spiro atoms. The number of fused-ring (bicyclic) bond motifs is 3. The number of hydrogen-bond acceptors (Lipinski definition) is 4. The summed E-state index contributed by atoms with van der Waals surface area (Å²) in [5, 5.41) is 12.9. The van der Waals surface area contributed by atoms with Crippen LogP contribution in [-0.2, 0) is 4.74 Å². The van der Waals surface area contributed by atoms with Gasteiger partial charge in [0.05, 0.1) is 17.7 Å². The zero-order valence-electron chi connectivity index (χ0n) is 16.2. The highest BCUT2D eigenvalue weighted by Crippen LogP contribution is 2.50. The Morgan fingerprint density at radius 2 is 1.97 bits per heavy atom. The summed E-state index contributed by atoms with van der Waals surface area (Å²) in [5.41, 5.74) is 4.79. The lowest BCUT2D eigenvalue weighted by Crippen LogP contribution is -2.36. The van der Waals surface area contributed by atoms with Gasteiger partial charge in [-0.25, -0.2) is 4.79 Å². The summed E-state index contributed by atoms with van der Waals surface area (Å²) in [6.45, 7) is 1.58. The first-order valence-corrected chi connectivity index (χ1v) is 9.66. The average Bonchev–Trinajstić information content (AvgIpc) is 2.67. The van der Waals surface area contributed by atoms with Crippen LogP contribution in [0.1, 0.15) is 57.6 Å². The van der Waals surface area contributed by atoms with Crippen LogP contribution in [0.25, 0.3) is 0 Å². The van der Waals surface area contributed by atoms with E-state index in [2.05, 4.69) is 10.1 Å². The number of carboxylic acid groups (broad SMARTS) is 1. The van der Waals surface area contributed by atoms with E-state index in [1.54, 1.807) is 24.3 Å². The predicted octanol–water partition coefficient (Wildman–Crippen LogP) is 5.24. The molecule has 2 aliphatic heterocycles. The largest absolute Gasteiger partial charge is 0.478 e. The first kappa shape index (κ1) is 19.6. The second-order valence-corrected chi connectivity index (χ2v) is 7.68. The summed E-state index contributed by atoms with van der Waals surface area (Å²) in [4.78, 5) is 11.4. The third kappa shape index (κ3) is 3.67. The van der Waals surface area contributed by atoms with Crippen LogP contribution in [0, 0.1) is 19.8 Å². The first-order chi connectivity index (χ1) is 13.8. The number of alkyl halides is 2. The van der Waals surface area contributed by atoms with Crippen molar-refractivity contribution >= 4 is 11.7 Å². The van der Waals surface area contributed by atoms with E-state index in [4.69, 9.17) is 4.74 Å². The molecule has 0 radical (unpaired) electrons. The lowest BCUT2D eigenvalue weighted by molar-refractivity contribution is -0.0516. The number of rotatable bonds is 4. The molecule has 1 fully saturated rings. The maximum atomic E-state index is 12.6. The molecule has 0 aromatic heterocycles. The molecule has 3 atom stereocenters. The Labute approximate surface area is 167 Å². The molecule has 4 rings (SSSR count). The second kappa shape index (κ2) is 7.63. The molecule has 29 heavy (non-hydrogen) atoms. The number of benzene rings is 2. The summed E-state index contributed by atoms with van der Waals surface area (Å²) < 4.78 is 35.9. The summed E-state index contributed by atoms with van der Waals surface area (Å²) in [6.07, 6.45) is 1.60. The molecule has 0 aliphatic carbocycles. The fourth-order valence-corrected chi connectivity index (χ4v) is 4.70. The number of nitrogens with one attached hydrogen (secondary N) is 1. The van der Waals surface area contributed by atoms with E-state index in [0.29, 0.717) is 6.61 Å². The van der Waals surface area contributed by atoms with Crippen molar-refractivity contribution in [2.75, 3.05) is 11.9 Å². The highest BCUT2D eigenvalue weighted by molar-refractivity contribution is 5.88. The highest BCUT2D eigenvalue weighted by Gasteiger charge is 2.41. The van der Waals surface area contributed by atoms with E-state index < -0.39 is 12.6 Å². The average molecular weight is 403 g/mol. The van der Waals surface area contributed by atoms with Gasteiger partial charge in [0, 0.05) is 23.8 Å². The third-order valence-corrected chi connectivity index (χ3v) is 5.81. The van der Waals surface area contributed by atoms with Crippen LogP contribution in [0.2, 0.25) is 0 Å². The Morgan fingerprint density at radius 3 is 2.62 bits per heavy atom. The quantitative estimate of drug-likeness (QED) is 0.731. The van der Waals surface area contributed by atoms with Crippen molar-refractivity contribution in [3.05, 3.63) is 58.1 Å². The van der Waals surface area contributed by atoms with Gasteiger partial charge >= 0.3 is 12.6 Å². The van der Waals surface area contributed by atoms with Crippen molar-refractivity contribution in [3.8, 4) is 5.75 Å². The van der Waals surface area contributed by atoms with Crippen LogP contribution in [0.3, 0.4) is 0 Å². The number of aryl methyl sites for hydroxylation is 2. The van der Waals surface area contributed by atoms with Crippen molar-refractivity contribution < 1.29 is 28.2 Å². The van der Waals surface area contributed by atoms with Crippen LogP contribution >= 0.6 is 0 Å². The summed E-state index contributed by atoms with van der Waals surface area (Å²) in [6, 6.07) is 8.22. The Morgan fingerprint density at radius 1 is 1.24 bits per heavy atom. The van der Waals surface area contributed by atoms with Gasteiger partial charge in [-0.15, -0.1) is 0 Å². The molecule has 154 valence electrons. The molecule has 2 aliphatic rings. The molecule has 5 nitrogen and oxygen atoms in total. The lowest BCUT2D eigenvalue weighted by atomic mass is 9.75. The second-order valence-electron chi connectivity index (χ2n) is 7.68. The van der Waals surface area contributed by atoms with Crippen LogP contribution < -0.4 is 10.1 Å². The lowest BCUT2D eigenvalue weighted by Gasteiger charge is -2.44. The number of hydrogen-bond donors (Lipinski definition) is 2. The van der Waals surface area contributed by atoms with Gasteiger partial charge in [-0.3, -0.25) is 0 Å². The monoisotopic (exact) mass is 403 g/mol. The maximum Gasteiger partial charge on any atom is 0.387 e. The summed E-state index contributed by atoms with van der Waals surface area (Å²) in [5.74, 6) is -0.730. The minimum Gasteiger partial charge on any atom is -0.478 e. The van der Waals surface area contributed by atoms with Crippen LogP contribution in [0.5, 0.6) is 5.75 Å². The van der Waals surface area contributed by atoms with Crippen LogP contribution in [0.4, 0.5) is 14.5 Å². The molecule has 0 unspecified atom stereocenters. The first-order valence-electron chi connectivity index (χ1n) is 9.66. The number of carbonyl (C=O) groups is 1. The number of ether oxygens (including phenoxy) is 2. The molecule has 2 aromatic rings. The van der Waals surface area contributed by atoms with Crippen LogP contribution in [-0.4, -0.2) is 24.3 Å². The fraction of sp³-hybridized carbons (Fsp3) is 0.409. The zero-order valence-corrected chi connectivity index (χ0v) is 16.2. The number of aromatic carboxylic acids is 1. The summed E-state index contributed by atoms with van der Waals surface area (Å²) >= 11 is 0. The fourth-order valence-electron chi connectivity index (χ4n) is 4.70. The Bertz CT molecular complexity index is 923. The van der Waals surface area contributed by atoms with E-state index in [1.807, 2.05) is 13.8 Å². The standard InChI is InChI=1S/C22H23F2NO4/c1-11-8-13(21(26)27)9-12(2)18(11)19-15-4-3-7-28-20(15)16-10-14(29-22(23)24)5-6-17(16)25-19/h5-6,8-10,15,19-20,22,25H,3-4,7H2,1-2H3,(H,26,27)/t15-,19+,20-/m1/s1. The van der Waals surface area contributed by atoms with E-state index >= 15 is 0 Å². The Kier molecular flexibility index (Phi) is 5.17. The molecule has 2 N–H and O–H groups in total. The molecule has 2 heterocycles. The molecule has 0 amide bonds. The number of halogens is 2. The van der Waals surface area contributed by atoms with Gasteiger partial charge in [-0.1, -0.05) is 0 Å². The minimum absolute atomic E-state index is 0.0579. The normalized spacial score (nSPS) is 23.1. The minimum atomic E-state index is -2.88. The van der Waals surface area contributed by atoms with Gasteiger partial charge < -0.3 is 19.9 Å². The summed E-state index contributed by atoms with van der Waals surface area (Å²) in [7, 11) is 0. The van der Waals surface area contributed by atoms with E-state index in [9.17, 15) is 18.7 Å². The highest BCUT2D eigenvalue weighted by atomic mass is 19.3. The predicted molar refractivity (Wildman–Crippen MR) is 104 cm³/mol. The van der Waals surface area contributed by atoms with Gasteiger partial charge in [0.15, 0.2) is 0 Å². The molecular formula is C22H23F2NO4. The molecule has 0 bridgehead atoms. The van der Waals surface area contributed by atoms with Gasteiger partial charge in [-0.2, -0.15) is 8.78 Å². The zero-order chi connectivity index (χ0) is 20.7. The maximum absolute atomic E-state index is 12.6. The Balaban J connectivity index is 1.76. The van der Waals surface area contributed by atoms with E-state index in [0.717, 1.165) is 40.8 Å². The van der Waals surface area contributed by atoms with Gasteiger partial charge in [0.2, 0.25) is 0 Å².